The van der Waals surface area contributed by atoms with Crippen molar-refractivity contribution in [3.8, 4) is 17.2 Å². The molecule has 50 heavy (non-hydrogen) atoms. The standard InChI is InChI=1S/C39H34O8S3/c1-28-6-17-35(18-7-28)49(42,43)36-20-9-30(10-21-36)29-4-3-5-34(19-8-29)48(40,41)38-24-13-32(14-25-38)47-33-15-26-39(27-16-33)50(44,45)37-22-11-31(46-2)12-23-37/h5-27,29H,3-4H2,1-2H3. The van der Waals surface area contributed by atoms with Gasteiger partial charge < -0.3 is 9.47 Å². The van der Waals surface area contributed by atoms with Crippen LogP contribution in [0, 0.1) is 6.92 Å². The lowest BCUT2D eigenvalue weighted by molar-refractivity contribution is 0.414. The van der Waals surface area contributed by atoms with Gasteiger partial charge >= 0.3 is 0 Å². The molecule has 0 heterocycles. The number of benzene rings is 5. The van der Waals surface area contributed by atoms with Gasteiger partial charge in [-0.25, -0.2) is 25.3 Å². The fraction of sp³-hybridized carbons (Fsp3) is 0.128. The smallest absolute Gasteiger partial charge is 0.206 e. The molecule has 1 aliphatic carbocycles. The zero-order chi connectivity index (χ0) is 35.5. The number of ether oxygens (including phenoxy) is 2. The summed E-state index contributed by atoms with van der Waals surface area (Å²) >= 11 is 0. The van der Waals surface area contributed by atoms with Gasteiger partial charge in [-0.2, -0.15) is 0 Å². The van der Waals surface area contributed by atoms with Gasteiger partial charge in [0.2, 0.25) is 29.5 Å². The van der Waals surface area contributed by atoms with Crippen LogP contribution < -0.4 is 9.47 Å². The first-order chi connectivity index (χ1) is 23.9. The molecule has 0 spiro atoms. The molecule has 0 saturated heterocycles. The van der Waals surface area contributed by atoms with Crippen LogP contribution in [0.4, 0.5) is 0 Å². The molecular weight excluding hydrogens is 693 g/mol. The molecule has 0 fully saturated rings. The predicted octanol–water partition coefficient (Wildman–Crippen LogP) is 8.25. The van der Waals surface area contributed by atoms with Crippen LogP contribution in [0.2, 0.25) is 0 Å². The van der Waals surface area contributed by atoms with Crippen molar-refractivity contribution in [2.75, 3.05) is 7.11 Å². The van der Waals surface area contributed by atoms with E-state index in [1.165, 1.54) is 55.6 Å². The molecule has 1 atom stereocenters. The summed E-state index contributed by atoms with van der Waals surface area (Å²) in [5.74, 6) is 1.23. The van der Waals surface area contributed by atoms with Crippen molar-refractivity contribution in [2.45, 2.75) is 50.2 Å². The number of sulfone groups is 3. The van der Waals surface area contributed by atoms with Gasteiger partial charge in [0.25, 0.3) is 0 Å². The Bertz CT molecular complexity index is 2380. The molecule has 0 radical (unpaired) electrons. The number of rotatable bonds is 10. The first-order valence-electron chi connectivity index (χ1n) is 15.7. The third-order valence-corrected chi connectivity index (χ3v) is 13.8. The Balaban J connectivity index is 1.11. The first-order valence-corrected chi connectivity index (χ1v) is 20.2. The van der Waals surface area contributed by atoms with Gasteiger partial charge in [-0.15, -0.1) is 0 Å². The minimum absolute atomic E-state index is 0.0940. The fourth-order valence-electron chi connectivity index (χ4n) is 5.54. The third kappa shape index (κ3) is 7.30. The highest BCUT2D eigenvalue weighted by Gasteiger charge is 2.23. The Morgan fingerprint density at radius 2 is 0.920 bits per heavy atom. The Hall–Kier alpha value is -4.97. The van der Waals surface area contributed by atoms with E-state index >= 15 is 0 Å². The summed E-state index contributed by atoms with van der Waals surface area (Å²) in [5.41, 5.74) is 1.87. The molecule has 256 valence electrons. The molecule has 0 amide bonds. The van der Waals surface area contributed by atoms with Crippen molar-refractivity contribution in [1.82, 2.24) is 0 Å². The maximum Gasteiger partial charge on any atom is 0.206 e. The van der Waals surface area contributed by atoms with E-state index in [-0.39, 0.29) is 35.3 Å². The highest BCUT2D eigenvalue weighted by atomic mass is 32.2. The lowest BCUT2D eigenvalue weighted by atomic mass is 9.95. The normalized spacial score (nSPS) is 15.2. The highest BCUT2D eigenvalue weighted by Crippen LogP contribution is 2.33. The van der Waals surface area contributed by atoms with Gasteiger partial charge in [-0.3, -0.25) is 0 Å². The molecule has 0 aromatic heterocycles. The number of methoxy groups -OCH3 is 1. The van der Waals surface area contributed by atoms with Gasteiger partial charge in [-0.1, -0.05) is 42.0 Å². The van der Waals surface area contributed by atoms with Crippen molar-refractivity contribution in [3.63, 3.8) is 0 Å². The predicted molar refractivity (Wildman–Crippen MR) is 191 cm³/mol. The first kappa shape index (κ1) is 34.9. The van der Waals surface area contributed by atoms with E-state index in [1.807, 2.05) is 13.0 Å². The number of aryl methyl sites for hydroxylation is 1. The molecule has 0 aliphatic heterocycles. The van der Waals surface area contributed by atoms with Crippen LogP contribution >= 0.6 is 0 Å². The third-order valence-electron chi connectivity index (χ3n) is 8.45. The van der Waals surface area contributed by atoms with Gasteiger partial charge in [0.15, 0.2) is 0 Å². The molecule has 1 unspecified atom stereocenters. The number of hydrogen-bond acceptors (Lipinski definition) is 8. The highest BCUT2D eigenvalue weighted by molar-refractivity contribution is 7.95. The summed E-state index contributed by atoms with van der Waals surface area (Å²) in [6.45, 7) is 1.90. The Kier molecular flexibility index (Phi) is 9.84. The van der Waals surface area contributed by atoms with Gasteiger partial charge in [0.1, 0.15) is 17.2 Å². The van der Waals surface area contributed by atoms with Crippen LogP contribution in [-0.2, 0) is 29.5 Å². The largest absolute Gasteiger partial charge is 0.497 e. The van der Waals surface area contributed by atoms with E-state index in [1.54, 1.807) is 84.9 Å². The fourth-order valence-corrected chi connectivity index (χ4v) is 9.43. The lowest BCUT2D eigenvalue weighted by Crippen LogP contribution is -2.03. The maximum atomic E-state index is 13.6. The molecule has 6 rings (SSSR count). The van der Waals surface area contributed by atoms with Crippen molar-refractivity contribution in [2.24, 2.45) is 0 Å². The molecule has 1 aliphatic rings. The van der Waals surface area contributed by atoms with Gasteiger partial charge in [0.05, 0.1) is 36.5 Å². The van der Waals surface area contributed by atoms with E-state index in [9.17, 15) is 25.3 Å². The monoisotopic (exact) mass is 726 g/mol. The second kappa shape index (κ2) is 14.1. The van der Waals surface area contributed by atoms with Crippen LogP contribution in [0.3, 0.4) is 0 Å². The average molecular weight is 727 g/mol. The molecule has 0 bridgehead atoms. The maximum absolute atomic E-state index is 13.6. The number of allylic oxidation sites excluding steroid dienone is 3. The molecule has 0 saturated carbocycles. The molecule has 5 aromatic rings. The Morgan fingerprint density at radius 1 is 0.520 bits per heavy atom. The zero-order valence-corrected chi connectivity index (χ0v) is 29.7. The van der Waals surface area contributed by atoms with Crippen LogP contribution in [0.5, 0.6) is 17.2 Å². The van der Waals surface area contributed by atoms with Crippen LogP contribution in [0.15, 0.2) is 169 Å². The Morgan fingerprint density at radius 3 is 1.38 bits per heavy atom. The summed E-state index contributed by atoms with van der Waals surface area (Å²) in [6.07, 6.45) is 6.33. The van der Waals surface area contributed by atoms with Crippen molar-refractivity contribution in [3.05, 3.63) is 156 Å². The summed E-state index contributed by atoms with van der Waals surface area (Å²) < 4.78 is 90.2. The summed E-state index contributed by atoms with van der Waals surface area (Å²) in [4.78, 5) is 0.958. The summed E-state index contributed by atoms with van der Waals surface area (Å²) in [7, 11) is -9.71. The van der Waals surface area contributed by atoms with Crippen molar-refractivity contribution < 1.29 is 34.7 Å². The van der Waals surface area contributed by atoms with Crippen LogP contribution in [-0.4, -0.2) is 32.4 Å². The molecule has 11 heteroatoms. The lowest BCUT2D eigenvalue weighted by Gasteiger charge is -2.12. The quantitative estimate of drug-likeness (QED) is 0.141. The van der Waals surface area contributed by atoms with E-state index < -0.39 is 29.5 Å². The minimum Gasteiger partial charge on any atom is -0.497 e. The summed E-state index contributed by atoms with van der Waals surface area (Å²) in [5, 5.41) is 0. The second-order valence-electron chi connectivity index (χ2n) is 11.8. The van der Waals surface area contributed by atoms with E-state index in [0.29, 0.717) is 30.1 Å². The minimum atomic E-state index is -3.83. The summed E-state index contributed by atoms with van der Waals surface area (Å²) in [6, 6.07) is 31.6. The SMILES string of the molecule is COc1ccc(S(=O)(=O)c2ccc(Oc3ccc(S(=O)(=O)C4=CCCC(c5ccc(S(=O)(=O)c6ccc(C)cc6)cc5)C=C4)cc3)cc2)cc1. The van der Waals surface area contributed by atoms with E-state index in [0.717, 1.165) is 11.1 Å². The van der Waals surface area contributed by atoms with Gasteiger partial charge in [0, 0.05) is 5.92 Å². The topological polar surface area (TPSA) is 121 Å². The molecular formula is C39H34O8S3. The molecule has 5 aromatic carbocycles. The second-order valence-corrected chi connectivity index (χ2v) is 17.6. The number of hydrogen-bond donors (Lipinski definition) is 0. The average Bonchev–Trinajstić information content (AvgIpc) is 3.40. The zero-order valence-electron chi connectivity index (χ0n) is 27.3. The Labute approximate surface area is 293 Å². The van der Waals surface area contributed by atoms with E-state index in [4.69, 9.17) is 9.47 Å². The van der Waals surface area contributed by atoms with E-state index in [2.05, 4.69) is 0 Å². The van der Waals surface area contributed by atoms with Gasteiger partial charge in [-0.05, 0) is 128 Å². The van der Waals surface area contributed by atoms with Crippen LogP contribution in [0.1, 0.15) is 29.9 Å². The molecule has 8 nitrogen and oxygen atoms in total. The van der Waals surface area contributed by atoms with Crippen molar-refractivity contribution in [1.29, 1.82) is 0 Å². The molecule has 0 N–H and O–H groups in total. The van der Waals surface area contributed by atoms with Crippen molar-refractivity contribution >= 4 is 29.5 Å². The van der Waals surface area contributed by atoms with Crippen LogP contribution in [0.25, 0.3) is 0 Å².